The van der Waals surface area contributed by atoms with Crippen LogP contribution in [0.5, 0.6) is 0 Å². The number of allylic oxidation sites excluding steroid dienone is 2. The van der Waals surface area contributed by atoms with Crippen LogP contribution in [0, 0.1) is 5.92 Å². The Labute approximate surface area is 162 Å². The summed E-state index contributed by atoms with van der Waals surface area (Å²) >= 11 is 3.27. The first-order valence-corrected chi connectivity index (χ1v) is 11.1. The maximum Gasteiger partial charge on any atom is 0.123 e. The molecule has 0 N–H and O–H groups in total. The number of thiazole rings is 1. The van der Waals surface area contributed by atoms with Gasteiger partial charge in [0.2, 0.25) is 0 Å². The van der Waals surface area contributed by atoms with Crippen molar-refractivity contribution in [1.82, 2.24) is 14.6 Å². The zero-order chi connectivity index (χ0) is 17.3. The van der Waals surface area contributed by atoms with Crippen molar-refractivity contribution in [2.24, 2.45) is 5.92 Å². The number of aromatic nitrogens is 3. The Hall–Kier alpha value is -1.85. The Kier molecular flexibility index (Phi) is 4.43. The molecule has 0 spiro atoms. The molecule has 2 aromatic heterocycles. The van der Waals surface area contributed by atoms with Crippen LogP contribution in [-0.2, 0) is 12.8 Å². The van der Waals surface area contributed by atoms with Crippen LogP contribution in [0.2, 0.25) is 0 Å². The lowest BCUT2D eigenvalue weighted by atomic mass is 9.83. The fourth-order valence-corrected chi connectivity index (χ4v) is 5.33. The van der Waals surface area contributed by atoms with E-state index in [-0.39, 0.29) is 0 Å². The minimum Gasteiger partial charge on any atom is -0.241 e. The zero-order valence-corrected chi connectivity index (χ0v) is 16.3. The summed E-state index contributed by atoms with van der Waals surface area (Å²) in [5, 5.41) is 7.28. The Balaban J connectivity index is 1.33. The van der Waals surface area contributed by atoms with Gasteiger partial charge < -0.3 is 0 Å². The van der Waals surface area contributed by atoms with Gasteiger partial charge in [-0.15, -0.1) is 16.4 Å². The predicted octanol–water partition coefficient (Wildman–Crippen LogP) is 5.93. The fraction of sp³-hybridized carbons (Fsp3) is 0.381. The van der Waals surface area contributed by atoms with Crippen LogP contribution in [0.25, 0.3) is 21.8 Å². The van der Waals surface area contributed by atoms with Crippen LogP contribution in [0.4, 0.5) is 0 Å². The van der Waals surface area contributed by atoms with Gasteiger partial charge in [-0.25, -0.2) is 4.98 Å². The highest BCUT2D eigenvalue weighted by atomic mass is 32.1. The molecule has 0 unspecified atom stereocenters. The third kappa shape index (κ3) is 3.26. The number of benzene rings is 1. The molecule has 1 fully saturated rings. The van der Waals surface area contributed by atoms with Crippen LogP contribution in [-0.4, -0.2) is 14.6 Å². The van der Waals surface area contributed by atoms with Gasteiger partial charge in [0.05, 0.1) is 5.69 Å². The van der Waals surface area contributed by atoms with Crippen molar-refractivity contribution < 1.29 is 0 Å². The van der Waals surface area contributed by atoms with E-state index in [2.05, 4.69) is 39.9 Å². The van der Waals surface area contributed by atoms with Crippen molar-refractivity contribution in [3.63, 3.8) is 0 Å². The number of hydrogen-bond donors (Lipinski definition) is 0. The molecule has 1 aromatic carbocycles. The number of rotatable bonds is 3. The first-order chi connectivity index (χ1) is 12.8. The molecule has 3 aromatic rings. The molecule has 0 amide bonds. The lowest BCUT2D eigenvalue weighted by molar-refractivity contribution is 0.384. The first-order valence-electron chi connectivity index (χ1n) is 9.41. The first kappa shape index (κ1) is 16.3. The second-order valence-corrected chi connectivity index (χ2v) is 8.97. The van der Waals surface area contributed by atoms with E-state index in [1.165, 1.54) is 59.8 Å². The summed E-state index contributed by atoms with van der Waals surface area (Å²) in [5.41, 5.74) is 6.27. The molecule has 2 aliphatic carbocycles. The molecule has 0 radical (unpaired) electrons. The highest BCUT2D eigenvalue weighted by molar-refractivity contribution is 7.15. The van der Waals surface area contributed by atoms with Gasteiger partial charge in [0, 0.05) is 21.4 Å². The van der Waals surface area contributed by atoms with Crippen molar-refractivity contribution in [3.05, 3.63) is 51.9 Å². The van der Waals surface area contributed by atoms with Gasteiger partial charge in [0.1, 0.15) is 10.7 Å². The van der Waals surface area contributed by atoms with E-state index in [0.29, 0.717) is 0 Å². The highest BCUT2D eigenvalue weighted by Crippen LogP contribution is 2.36. The van der Waals surface area contributed by atoms with Gasteiger partial charge in [0.15, 0.2) is 0 Å². The minimum atomic E-state index is 0.871. The molecule has 1 saturated carbocycles. The maximum absolute atomic E-state index is 4.99. The standard InChI is InChI=1S/C21H21N3S2/c1-2-14(3-1)12-15-4-10-18-20(11-5-15)26-21(22-18)17-8-6-16(7-9-17)19-13-25-24-23-19/h6-9,12-14H,1-5,10-11H2/b15-12+. The van der Waals surface area contributed by atoms with Crippen molar-refractivity contribution in [1.29, 1.82) is 0 Å². The van der Waals surface area contributed by atoms with E-state index in [4.69, 9.17) is 4.98 Å². The summed E-state index contributed by atoms with van der Waals surface area (Å²) in [4.78, 5) is 6.48. The van der Waals surface area contributed by atoms with Gasteiger partial charge in [-0.2, -0.15) is 0 Å². The Bertz CT molecular complexity index is 891. The Morgan fingerprint density at radius 3 is 2.50 bits per heavy atom. The molecular formula is C21H21N3S2. The second kappa shape index (κ2) is 7.05. The minimum absolute atomic E-state index is 0.871. The SMILES string of the molecule is C(=C1/CCc2nc(-c3ccc(-c4csnn4)cc3)sc2CC1)/C1CCC1. The lowest BCUT2D eigenvalue weighted by Crippen LogP contribution is -2.08. The zero-order valence-electron chi connectivity index (χ0n) is 14.6. The van der Waals surface area contributed by atoms with E-state index in [1.54, 1.807) is 5.57 Å². The summed E-state index contributed by atoms with van der Waals surface area (Å²) in [5.74, 6) is 0.871. The Morgan fingerprint density at radius 1 is 0.962 bits per heavy atom. The molecule has 0 bridgehead atoms. The molecule has 2 aliphatic rings. The predicted molar refractivity (Wildman–Crippen MR) is 109 cm³/mol. The summed E-state index contributed by atoms with van der Waals surface area (Å²) in [6.07, 6.45) is 11.5. The summed E-state index contributed by atoms with van der Waals surface area (Å²) < 4.78 is 3.94. The average molecular weight is 380 g/mol. The summed E-state index contributed by atoms with van der Waals surface area (Å²) in [6.45, 7) is 0. The number of fused-ring (bicyclic) bond motifs is 1. The average Bonchev–Trinajstić information content (AvgIpc) is 3.27. The van der Waals surface area contributed by atoms with E-state index in [1.807, 2.05) is 16.7 Å². The number of hydrogen-bond acceptors (Lipinski definition) is 5. The van der Waals surface area contributed by atoms with Crippen LogP contribution in [0.3, 0.4) is 0 Å². The van der Waals surface area contributed by atoms with Gasteiger partial charge in [0.25, 0.3) is 0 Å². The smallest absolute Gasteiger partial charge is 0.123 e. The second-order valence-electron chi connectivity index (χ2n) is 7.27. The van der Waals surface area contributed by atoms with Crippen molar-refractivity contribution >= 4 is 22.9 Å². The van der Waals surface area contributed by atoms with Gasteiger partial charge >= 0.3 is 0 Å². The Morgan fingerprint density at radius 2 is 1.77 bits per heavy atom. The molecular weight excluding hydrogens is 358 g/mol. The van der Waals surface area contributed by atoms with E-state index in [0.717, 1.165) is 35.0 Å². The highest BCUT2D eigenvalue weighted by Gasteiger charge is 2.20. The fourth-order valence-electron chi connectivity index (χ4n) is 3.76. The normalized spacial score (nSPS) is 19.2. The monoisotopic (exact) mass is 379 g/mol. The molecule has 132 valence electrons. The number of nitrogens with zero attached hydrogens (tertiary/aromatic N) is 3. The van der Waals surface area contributed by atoms with Crippen molar-refractivity contribution in [2.45, 2.75) is 44.9 Å². The third-order valence-corrected chi connectivity index (χ3v) is 7.25. The van der Waals surface area contributed by atoms with E-state index >= 15 is 0 Å². The molecule has 0 saturated heterocycles. The number of aryl methyl sites for hydroxylation is 2. The van der Waals surface area contributed by atoms with Gasteiger partial charge in [-0.1, -0.05) is 46.8 Å². The molecule has 26 heavy (non-hydrogen) atoms. The van der Waals surface area contributed by atoms with E-state index in [9.17, 15) is 0 Å². The molecule has 2 heterocycles. The van der Waals surface area contributed by atoms with Crippen LogP contribution in [0.1, 0.15) is 42.7 Å². The quantitative estimate of drug-likeness (QED) is 0.418. The molecule has 5 rings (SSSR count). The van der Waals surface area contributed by atoms with Crippen LogP contribution >= 0.6 is 22.9 Å². The maximum atomic E-state index is 4.99. The summed E-state index contributed by atoms with van der Waals surface area (Å²) in [6, 6.07) is 8.57. The summed E-state index contributed by atoms with van der Waals surface area (Å²) in [7, 11) is 0. The topological polar surface area (TPSA) is 38.7 Å². The molecule has 3 nitrogen and oxygen atoms in total. The molecule has 0 aliphatic heterocycles. The largest absolute Gasteiger partial charge is 0.241 e. The molecule has 0 atom stereocenters. The van der Waals surface area contributed by atoms with Crippen LogP contribution < -0.4 is 0 Å². The van der Waals surface area contributed by atoms with Gasteiger partial charge in [-0.3, -0.25) is 0 Å². The van der Waals surface area contributed by atoms with Crippen molar-refractivity contribution in [3.8, 4) is 21.8 Å². The van der Waals surface area contributed by atoms with Crippen LogP contribution in [0.15, 0.2) is 41.3 Å². The van der Waals surface area contributed by atoms with E-state index < -0.39 is 0 Å². The van der Waals surface area contributed by atoms with Gasteiger partial charge in [-0.05, 0) is 56.0 Å². The molecule has 5 heteroatoms. The van der Waals surface area contributed by atoms with Crippen molar-refractivity contribution in [2.75, 3.05) is 0 Å². The third-order valence-electron chi connectivity index (χ3n) is 5.54. The lowest BCUT2D eigenvalue weighted by Gasteiger charge is -2.23.